The quantitative estimate of drug-likeness (QED) is 0.734. The van der Waals surface area contributed by atoms with E-state index in [1.165, 1.54) is 0 Å². The summed E-state index contributed by atoms with van der Waals surface area (Å²) in [6.45, 7) is 4.98. The summed E-state index contributed by atoms with van der Waals surface area (Å²) in [7, 11) is 0. The molecule has 0 bridgehead atoms. The van der Waals surface area contributed by atoms with Gasteiger partial charge in [0.2, 0.25) is 11.8 Å². The van der Waals surface area contributed by atoms with Gasteiger partial charge in [-0.3, -0.25) is 9.59 Å². The molecule has 96 valence electrons. The van der Waals surface area contributed by atoms with E-state index in [9.17, 15) is 9.59 Å². The Morgan fingerprint density at radius 1 is 1.35 bits per heavy atom. The van der Waals surface area contributed by atoms with Gasteiger partial charge < -0.3 is 10.2 Å². The second kappa shape index (κ2) is 4.67. The smallest absolute Gasteiger partial charge is 0.246 e. The number of nitrogens with zero attached hydrogens (tertiary/aromatic N) is 1. The van der Waals surface area contributed by atoms with E-state index >= 15 is 0 Å². The van der Waals surface area contributed by atoms with Gasteiger partial charge in [-0.2, -0.15) is 0 Å². The van der Waals surface area contributed by atoms with Crippen LogP contribution in [0, 0.1) is 5.92 Å². The molecule has 0 aromatic carbocycles. The molecule has 1 aliphatic heterocycles. The molecule has 2 aliphatic rings. The number of carbonyl (C=O) groups excluding carboxylic acids is 2. The van der Waals surface area contributed by atoms with Gasteiger partial charge in [-0.05, 0) is 32.1 Å². The Hall–Kier alpha value is -1.06. The van der Waals surface area contributed by atoms with E-state index in [1.54, 1.807) is 0 Å². The van der Waals surface area contributed by atoms with Crippen LogP contribution in [0.15, 0.2) is 0 Å². The average molecular weight is 238 g/mol. The number of nitrogens with one attached hydrogen (secondary N) is 1. The van der Waals surface area contributed by atoms with Crippen LogP contribution < -0.4 is 5.32 Å². The molecule has 1 saturated carbocycles. The second-order valence-electron chi connectivity index (χ2n) is 5.36. The van der Waals surface area contributed by atoms with Crippen molar-refractivity contribution in [2.75, 3.05) is 13.1 Å². The number of hydrogen-bond donors (Lipinski definition) is 1. The van der Waals surface area contributed by atoms with Crippen LogP contribution in [0.5, 0.6) is 0 Å². The summed E-state index contributed by atoms with van der Waals surface area (Å²) in [6, 6.07) is 0. The predicted octanol–water partition coefficient (Wildman–Crippen LogP) is 1.30. The zero-order valence-electron chi connectivity index (χ0n) is 10.8. The van der Waals surface area contributed by atoms with Gasteiger partial charge in [0.15, 0.2) is 0 Å². The highest BCUT2D eigenvalue weighted by atomic mass is 16.2. The molecule has 1 atom stereocenters. The number of hydrogen-bond acceptors (Lipinski definition) is 2. The predicted molar refractivity (Wildman–Crippen MR) is 65.4 cm³/mol. The molecule has 2 fully saturated rings. The van der Waals surface area contributed by atoms with Gasteiger partial charge in [0.1, 0.15) is 5.54 Å². The van der Waals surface area contributed by atoms with Crippen LogP contribution in [0.3, 0.4) is 0 Å². The van der Waals surface area contributed by atoms with Crippen LogP contribution in [-0.2, 0) is 9.59 Å². The maximum absolute atomic E-state index is 12.1. The van der Waals surface area contributed by atoms with Gasteiger partial charge >= 0.3 is 0 Å². The fourth-order valence-corrected chi connectivity index (χ4v) is 2.74. The molecule has 0 spiro atoms. The molecule has 4 heteroatoms. The topological polar surface area (TPSA) is 49.4 Å². The SMILES string of the molecule is CCCCCN1C(=O)CNC(=O)C1(C)C1CC1. The van der Waals surface area contributed by atoms with E-state index in [0.29, 0.717) is 5.92 Å². The summed E-state index contributed by atoms with van der Waals surface area (Å²) < 4.78 is 0. The van der Waals surface area contributed by atoms with Gasteiger partial charge in [0, 0.05) is 6.54 Å². The van der Waals surface area contributed by atoms with Gasteiger partial charge in [0.05, 0.1) is 6.54 Å². The molecule has 0 radical (unpaired) electrons. The van der Waals surface area contributed by atoms with Crippen molar-refractivity contribution < 1.29 is 9.59 Å². The standard InChI is InChI=1S/C13H22N2O2/c1-3-4-5-8-15-11(16)9-14-12(17)13(15,2)10-6-7-10/h10H,3-9H2,1-2H3,(H,14,17). The van der Waals surface area contributed by atoms with Crippen LogP contribution in [-0.4, -0.2) is 35.3 Å². The lowest BCUT2D eigenvalue weighted by molar-refractivity contribution is -0.154. The highest BCUT2D eigenvalue weighted by molar-refractivity contribution is 5.98. The first kappa shape index (κ1) is 12.4. The van der Waals surface area contributed by atoms with E-state index in [1.807, 2.05) is 11.8 Å². The van der Waals surface area contributed by atoms with Crippen molar-refractivity contribution in [3.05, 3.63) is 0 Å². The molecule has 1 heterocycles. The zero-order chi connectivity index (χ0) is 12.5. The molecule has 1 unspecified atom stereocenters. The minimum Gasteiger partial charge on any atom is -0.345 e. The van der Waals surface area contributed by atoms with Crippen LogP contribution in [0.2, 0.25) is 0 Å². The van der Waals surface area contributed by atoms with Crippen molar-refractivity contribution in [2.45, 2.75) is 51.5 Å². The van der Waals surface area contributed by atoms with Gasteiger partial charge in [-0.1, -0.05) is 19.8 Å². The molecule has 1 N–H and O–H groups in total. The van der Waals surface area contributed by atoms with Crippen LogP contribution >= 0.6 is 0 Å². The normalized spacial score (nSPS) is 29.4. The second-order valence-corrected chi connectivity index (χ2v) is 5.36. The van der Waals surface area contributed by atoms with Crippen molar-refractivity contribution >= 4 is 11.8 Å². The molecule has 2 rings (SSSR count). The number of unbranched alkanes of at least 4 members (excludes halogenated alkanes) is 2. The number of piperazine rings is 1. The first-order chi connectivity index (χ1) is 8.10. The van der Waals surface area contributed by atoms with Gasteiger partial charge in [-0.25, -0.2) is 0 Å². The molecule has 0 aromatic rings. The average Bonchev–Trinajstić information content (AvgIpc) is 3.13. The Morgan fingerprint density at radius 3 is 2.65 bits per heavy atom. The summed E-state index contributed by atoms with van der Waals surface area (Å²) >= 11 is 0. The molecule has 4 nitrogen and oxygen atoms in total. The van der Waals surface area contributed by atoms with Crippen LogP contribution in [0.4, 0.5) is 0 Å². The highest BCUT2D eigenvalue weighted by Gasteiger charge is 2.54. The summed E-state index contributed by atoms with van der Waals surface area (Å²) in [6.07, 6.45) is 5.39. The largest absolute Gasteiger partial charge is 0.345 e. The lowest BCUT2D eigenvalue weighted by Crippen LogP contribution is -2.67. The molecule has 0 aromatic heterocycles. The van der Waals surface area contributed by atoms with Crippen LogP contribution in [0.25, 0.3) is 0 Å². The molecule has 1 saturated heterocycles. The lowest BCUT2D eigenvalue weighted by atomic mass is 9.89. The molecule has 2 amide bonds. The maximum Gasteiger partial charge on any atom is 0.246 e. The number of carbonyl (C=O) groups is 2. The Morgan fingerprint density at radius 2 is 2.06 bits per heavy atom. The molecule has 1 aliphatic carbocycles. The number of amides is 2. The summed E-state index contributed by atoms with van der Waals surface area (Å²) in [5.41, 5.74) is -0.580. The fraction of sp³-hybridized carbons (Fsp3) is 0.846. The van der Waals surface area contributed by atoms with E-state index in [0.717, 1.165) is 38.6 Å². The Kier molecular flexibility index (Phi) is 3.40. The third-order valence-corrected chi connectivity index (χ3v) is 4.08. The van der Waals surface area contributed by atoms with Crippen molar-refractivity contribution in [3.63, 3.8) is 0 Å². The van der Waals surface area contributed by atoms with E-state index in [2.05, 4.69) is 12.2 Å². The maximum atomic E-state index is 12.1. The van der Waals surface area contributed by atoms with E-state index in [-0.39, 0.29) is 18.4 Å². The van der Waals surface area contributed by atoms with E-state index < -0.39 is 5.54 Å². The van der Waals surface area contributed by atoms with Crippen molar-refractivity contribution in [2.24, 2.45) is 5.92 Å². The summed E-state index contributed by atoms with van der Waals surface area (Å²) in [5.74, 6) is 0.486. The number of rotatable bonds is 5. The minimum absolute atomic E-state index is 0.0381. The molecular weight excluding hydrogens is 216 g/mol. The first-order valence-electron chi connectivity index (χ1n) is 6.69. The monoisotopic (exact) mass is 238 g/mol. The third kappa shape index (κ3) is 2.17. The van der Waals surface area contributed by atoms with Crippen molar-refractivity contribution in [1.29, 1.82) is 0 Å². The van der Waals surface area contributed by atoms with Crippen molar-refractivity contribution in [1.82, 2.24) is 10.2 Å². The lowest BCUT2D eigenvalue weighted by Gasteiger charge is -2.44. The third-order valence-electron chi connectivity index (χ3n) is 4.08. The summed E-state index contributed by atoms with van der Waals surface area (Å²) in [4.78, 5) is 25.9. The Labute approximate surface area is 103 Å². The first-order valence-corrected chi connectivity index (χ1v) is 6.69. The van der Waals surface area contributed by atoms with Crippen LogP contribution in [0.1, 0.15) is 46.0 Å². The Balaban J connectivity index is 2.10. The van der Waals surface area contributed by atoms with Gasteiger partial charge in [0.25, 0.3) is 0 Å². The highest BCUT2D eigenvalue weighted by Crippen LogP contribution is 2.44. The van der Waals surface area contributed by atoms with E-state index in [4.69, 9.17) is 0 Å². The summed E-state index contributed by atoms with van der Waals surface area (Å²) in [5, 5.41) is 2.73. The zero-order valence-corrected chi connectivity index (χ0v) is 10.8. The Bertz CT molecular complexity index is 325. The van der Waals surface area contributed by atoms with Crippen molar-refractivity contribution in [3.8, 4) is 0 Å². The molecule has 17 heavy (non-hydrogen) atoms. The van der Waals surface area contributed by atoms with Gasteiger partial charge in [-0.15, -0.1) is 0 Å². The fourth-order valence-electron chi connectivity index (χ4n) is 2.74. The molecular formula is C13H22N2O2. The minimum atomic E-state index is -0.580.